The van der Waals surface area contributed by atoms with Gasteiger partial charge in [-0.3, -0.25) is 4.98 Å². The minimum absolute atomic E-state index is 0.260. The zero-order valence-corrected chi connectivity index (χ0v) is 7.61. The lowest BCUT2D eigenvalue weighted by atomic mass is 9.91. The second kappa shape index (κ2) is 3.85. The molecule has 0 radical (unpaired) electrons. The van der Waals surface area contributed by atoms with Crippen LogP contribution in [0, 0.1) is 0 Å². The molecule has 0 saturated carbocycles. The second-order valence-corrected chi connectivity index (χ2v) is 3.52. The summed E-state index contributed by atoms with van der Waals surface area (Å²) in [6.07, 6.45) is 2.87. The molecule has 0 bridgehead atoms. The first kappa shape index (κ1) is 8.66. The van der Waals surface area contributed by atoms with Gasteiger partial charge in [-0.2, -0.15) is 0 Å². The van der Waals surface area contributed by atoms with E-state index in [1.165, 1.54) is 0 Å². The second-order valence-electron chi connectivity index (χ2n) is 3.52. The first-order chi connectivity index (χ1) is 6.38. The Kier molecular flexibility index (Phi) is 2.57. The van der Waals surface area contributed by atoms with Crippen LogP contribution in [0.3, 0.4) is 0 Å². The van der Waals surface area contributed by atoms with E-state index in [1.54, 1.807) is 0 Å². The highest BCUT2D eigenvalue weighted by Crippen LogP contribution is 2.19. The van der Waals surface area contributed by atoms with Gasteiger partial charge in [0.1, 0.15) is 0 Å². The molecule has 13 heavy (non-hydrogen) atoms. The molecular weight excluding hydrogens is 162 g/mol. The molecule has 2 atom stereocenters. The minimum Gasteiger partial charge on any atom is -0.327 e. The molecule has 3 heteroatoms. The Hall–Kier alpha value is -0.930. The number of aromatic nitrogens is 1. The topological polar surface area (TPSA) is 50.9 Å². The van der Waals surface area contributed by atoms with E-state index in [0.29, 0.717) is 5.92 Å². The van der Waals surface area contributed by atoms with Gasteiger partial charge in [0.2, 0.25) is 0 Å². The molecule has 1 aromatic heterocycles. The van der Waals surface area contributed by atoms with Gasteiger partial charge in [-0.05, 0) is 25.1 Å². The minimum atomic E-state index is 0.260. The molecule has 0 amide bonds. The van der Waals surface area contributed by atoms with Gasteiger partial charge in [0.15, 0.2) is 0 Å². The number of hydrogen-bond donors (Lipinski definition) is 2. The Labute approximate surface area is 78.4 Å². The van der Waals surface area contributed by atoms with Crippen LogP contribution in [0.15, 0.2) is 24.4 Å². The maximum atomic E-state index is 6.03. The lowest BCUT2D eigenvalue weighted by molar-refractivity contribution is 0.397. The lowest BCUT2D eigenvalue weighted by Crippen LogP contribution is -2.43. The number of nitrogens with zero attached hydrogens (tertiary/aromatic N) is 1. The number of nitrogens with two attached hydrogens (primary N) is 1. The summed E-state index contributed by atoms with van der Waals surface area (Å²) in [5.41, 5.74) is 7.14. The average Bonchev–Trinajstić information content (AvgIpc) is 2.20. The van der Waals surface area contributed by atoms with Crippen LogP contribution in [0.4, 0.5) is 0 Å². The molecule has 70 valence electrons. The first-order valence-electron chi connectivity index (χ1n) is 4.75. The fraction of sp³-hybridized carbons (Fsp3) is 0.500. The van der Waals surface area contributed by atoms with Gasteiger partial charge in [-0.15, -0.1) is 0 Å². The summed E-state index contributed by atoms with van der Waals surface area (Å²) in [4.78, 5) is 4.33. The Morgan fingerprint density at radius 3 is 3.08 bits per heavy atom. The van der Waals surface area contributed by atoms with E-state index < -0.39 is 0 Å². The lowest BCUT2D eigenvalue weighted by Gasteiger charge is -2.28. The smallest absolute Gasteiger partial charge is 0.0462 e. The van der Waals surface area contributed by atoms with Crippen molar-refractivity contribution in [3.05, 3.63) is 30.1 Å². The third-order valence-corrected chi connectivity index (χ3v) is 2.60. The molecule has 1 saturated heterocycles. The van der Waals surface area contributed by atoms with Crippen molar-refractivity contribution in [2.75, 3.05) is 13.1 Å². The predicted octanol–water partition coefficient (Wildman–Crippen LogP) is 0.486. The van der Waals surface area contributed by atoms with Gasteiger partial charge in [0.25, 0.3) is 0 Å². The summed E-state index contributed by atoms with van der Waals surface area (Å²) in [5, 5.41) is 3.34. The number of pyridine rings is 1. The van der Waals surface area contributed by atoms with Gasteiger partial charge >= 0.3 is 0 Å². The SMILES string of the molecule is NC1CCNCC1c1ccccn1. The monoisotopic (exact) mass is 177 g/mol. The number of rotatable bonds is 1. The summed E-state index contributed by atoms with van der Waals surface area (Å²) in [6, 6.07) is 6.27. The molecule has 0 aliphatic carbocycles. The maximum absolute atomic E-state index is 6.03. The van der Waals surface area contributed by atoms with E-state index in [-0.39, 0.29) is 6.04 Å². The molecule has 2 rings (SSSR count). The van der Waals surface area contributed by atoms with Crippen molar-refractivity contribution in [1.82, 2.24) is 10.3 Å². The number of piperidine rings is 1. The standard InChI is InChI=1S/C10H15N3/c11-9-4-6-12-7-8(9)10-3-1-2-5-13-10/h1-3,5,8-9,12H,4,6-7,11H2. The maximum Gasteiger partial charge on any atom is 0.0462 e. The summed E-state index contributed by atoms with van der Waals surface area (Å²) in [7, 11) is 0. The van der Waals surface area contributed by atoms with Crippen molar-refractivity contribution in [1.29, 1.82) is 0 Å². The average molecular weight is 177 g/mol. The Morgan fingerprint density at radius 1 is 1.46 bits per heavy atom. The van der Waals surface area contributed by atoms with Crippen molar-refractivity contribution in [2.45, 2.75) is 18.4 Å². The van der Waals surface area contributed by atoms with Crippen LogP contribution in [0.1, 0.15) is 18.0 Å². The van der Waals surface area contributed by atoms with Crippen LogP contribution in [-0.2, 0) is 0 Å². The predicted molar refractivity (Wildman–Crippen MR) is 52.4 cm³/mol. The summed E-state index contributed by atoms with van der Waals surface area (Å²) in [6.45, 7) is 1.99. The van der Waals surface area contributed by atoms with Crippen LogP contribution in [0.25, 0.3) is 0 Å². The van der Waals surface area contributed by atoms with Gasteiger partial charge in [-0.1, -0.05) is 6.07 Å². The van der Waals surface area contributed by atoms with Crippen LogP contribution in [0.5, 0.6) is 0 Å². The van der Waals surface area contributed by atoms with Crippen LogP contribution < -0.4 is 11.1 Å². The highest BCUT2D eigenvalue weighted by atomic mass is 14.9. The normalized spacial score (nSPS) is 28.7. The number of nitrogens with one attached hydrogen (secondary N) is 1. The van der Waals surface area contributed by atoms with Gasteiger partial charge < -0.3 is 11.1 Å². The van der Waals surface area contributed by atoms with E-state index in [2.05, 4.69) is 16.4 Å². The third kappa shape index (κ3) is 1.87. The number of hydrogen-bond acceptors (Lipinski definition) is 3. The fourth-order valence-corrected chi connectivity index (χ4v) is 1.80. The summed E-state index contributed by atoms with van der Waals surface area (Å²) >= 11 is 0. The quantitative estimate of drug-likeness (QED) is 0.656. The van der Waals surface area contributed by atoms with E-state index >= 15 is 0 Å². The van der Waals surface area contributed by atoms with E-state index in [9.17, 15) is 0 Å². The summed E-state index contributed by atoms with van der Waals surface area (Å²) in [5.74, 6) is 0.384. The van der Waals surface area contributed by atoms with Crippen molar-refractivity contribution < 1.29 is 0 Å². The van der Waals surface area contributed by atoms with Crippen molar-refractivity contribution in [3.63, 3.8) is 0 Å². The zero-order valence-electron chi connectivity index (χ0n) is 7.61. The third-order valence-electron chi connectivity index (χ3n) is 2.60. The van der Waals surface area contributed by atoms with Crippen LogP contribution >= 0.6 is 0 Å². The highest BCUT2D eigenvalue weighted by molar-refractivity contribution is 5.13. The van der Waals surface area contributed by atoms with Gasteiger partial charge in [-0.25, -0.2) is 0 Å². The Balaban J connectivity index is 2.15. The molecule has 1 aromatic rings. The molecular formula is C10H15N3. The molecule has 1 aliphatic heterocycles. The first-order valence-corrected chi connectivity index (χ1v) is 4.75. The van der Waals surface area contributed by atoms with Crippen molar-refractivity contribution in [2.24, 2.45) is 5.73 Å². The molecule has 3 N–H and O–H groups in total. The largest absolute Gasteiger partial charge is 0.327 e. The Bertz CT molecular complexity index is 260. The van der Waals surface area contributed by atoms with Gasteiger partial charge in [0, 0.05) is 30.4 Å². The van der Waals surface area contributed by atoms with Crippen molar-refractivity contribution >= 4 is 0 Å². The molecule has 3 nitrogen and oxygen atoms in total. The van der Waals surface area contributed by atoms with E-state index in [1.807, 2.05) is 18.3 Å². The molecule has 2 unspecified atom stereocenters. The fourth-order valence-electron chi connectivity index (χ4n) is 1.80. The van der Waals surface area contributed by atoms with Crippen molar-refractivity contribution in [3.8, 4) is 0 Å². The van der Waals surface area contributed by atoms with Crippen LogP contribution in [-0.4, -0.2) is 24.1 Å². The molecule has 0 aromatic carbocycles. The molecule has 0 spiro atoms. The molecule has 2 heterocycles. The Morgan fingerprint density at radius 2 is 2.38 bits per heavy atom. The zero-order chi connectivity index (χ0) is 9.10. The highest BCUT2D eigenvalue weighted by Gasteiger charge is 2.23. The van der Waals surface area contributed by atoms with Gasteiger partial charge in [0.05, 0.1) is 0 Å². The molecule has 1 aliphatic rings. The van der Waals surface area contributed by atoms with E-state index in [0.717, 1.165) is 25.2 Å². The van der Waals surface area contributed by atoms with Crippen LogP contribution in [0.2, 0.25) is 0 Å². The molecule has 1 fully saturated rings. The summed E-state index contributed by atoms with van der Waals surface area (Å²) < 4.78 is 0. The van der Waals surface area contributed by atoms with E-state index in [4.69, 9.17) is 5.73 Å².